The van der Waals surface area contributed by atoms with Crippen molar-refractivity contribution in [2.24, 2.45) is 5.92 Å². The van der Waals surface area contributed by atoms with Gasteiger partial charge in [0.1, 0.15) is 0 Å². The highest BCUT2D eigenvalue weighted by atomic mass is 16.5. The summed E-state index contributed by atoms with van der Waals surface area (Å²) in [6.07, 6.45) is 2.11. The molecule has 1 aliphatic heterocycles. The minimum atomic E-state index is -0.693. The lowest BCUT2D eigenvalue weighted by Gasteiger charge is -2.35. The van der Waals surface area contributed by atoms with Gasteiger partial charge in [-0.2, -0.15) is 0 Å². The molecule has 1 unspecified atom stereocenters. The van der Waals surface area contributed by atoms with E-state index in [4.69, 9.17) is 9.84 Å². The van der Waals surface area contributed by atoms with Gasteiger partial charge in [-0.3, -0.25) is 9.69 Å². The van der Waals surface area contributed by atoms with Gasteiger partial charge in [0.05, 0.1) is 13.2 Å². The Morgan fingerprint density at radius 2 is 2.00 bits per heavy atom. The lowest BCUT2D eigenvalue weighted by Crippen LogP contribution is -2.44. The predicted molar refractivity (Wildman–Crippen MR) is 62.5 cm³/mol. The number of carboxylic acid groups (broad SMARTS) is 1. The van der Waals surface area contributed by atoms with Gasteiger partial charge in [0.25, 0.3) is 0 Å². The van der Waals surface area contributed by atoms with Crippen LogP contribution in [0.25, 0.3) is 0 Å². The third-order valence-electron chi connectivity index (χ3n) is 3.00. The molecule has 1 heterocycles. The van der Waals surface area contributed by atoms with Crippen LogP contribution in [0.3, 0.4) is 0 Å². The minimum absolute atomic E-state index is 0.273. The predicted octanol–water partition coefficient (Wildman–Crippen LogP) is 1.60. The Hall–Kier alpha value is -0.610. The first-order valence-corrected chi connectivity index (χ1v) is 6.13. The van der Waals surface area contributed by atoms with Crippen molar-refractivity contribution in [3.05, 3.63) is 0 Å². The van der Waals surface area contributed by atoms with Crippen molar-refractivity contribution in [1.82, 2.24) is 4.90 Å². The monoisotopic (exact) mass is 229 g/mol. The average molecular weight is 229 g/mol. The third-order valence-corrected chi connectivity index (χ3v) is 3.00. The second-order valence-electron chi connectivity index (χ2n) is 4.86. The standard InChI is InChI=1S/C12H23NO3/c1-10(2)9-11(3-4-12(14)15)13-5-7-16-8-6-13/h10-11H,3-9H2,1-2H3,(H,14,15). The fourth-order valence-electron chi connectivity index (χ4n) is 2.23. The summed E-state index contributed by atoms with van der Waals surface area (Å²) in [4.78, 5) is 13.0. The van der Waals surface area contributed by atoms with E-state index in [0.29, 0.717) is 12.0 Å². The molecule has 1 atom stereocenters. The van der Waals surface area contributed by atoms with Crippen LogP contribution in [0.15, 0.2) is 0 Å². The van der Waals surface area contributed by atoms with E-state index < -0.39 is 5.97 Å². The van der Waals surface area contributed by atoms with E-state index in [1.165, 1.54) is 0 Å². The van der Waals surface area contributed by atoms with E-state index in [1.807, 2.05) is 0 Å². The number of ether oxygens (including phenoxy) is 1. The second kappa shape index (κ2) is 6.86. The number of rotatable bonds is 6. The molecule has 94 valence electrons. The summed E-state index contributed by atoms with van der Waals surface area (Å²) in [5.41, 5.74) is 0. The zero-order valence-corrected chi connectivity index (χ0v) is 10.3. The normalized spacial score (nSPS) is 19.9. The van der Waals surface area contributed by atoms with Gasteiger partial charge in [0, 0.05) is 25.6 Å². The first kappa shape index (κ1) is 13.5. The highest BCUT2D eigenvalue weighted by Crippen LogP contribution is 2.17. The molecular formula is C12H23NO3. The van der Waals surface area contributed by atoms with Gasteiger partial charge in [-0.05, 0) is 18.8 Å². The molecule has 0 aliphatic carbocycles. The van der Waals surface area contributed by atoms with Crippen LogP contribution in [0.2, 0.25) is 0 Å². The molecule has 0 spiro atoms. The maximum absolute atomic E-state index is 10.6. The van der Waals surface area contributed by atoms with Crippen molar-refractivity contribution < 1.29 is 14.6 Å². The Labute approximate surface area is 97.6 Å². The smallest absolute Gasteiger partial charge is 0.303 e. The Kier molecular flexibility index (Phi) is 5.77. The molecule has 0 aromatic carbocycles. The number of hydrogen-bond acceptors (Lipinski definition) is 3. The highest BCUT2D eigenvalue weighted by molar-refractivity contribution is 5.66. The van der Waals surface area contributed by atoms with E-state index in [0.717, 1.165) is 39.1 Å². The molecule has 16 heavy (non-hydrogen) atoms. The largest absolute Gasteiger partial charge is 0.481 e. The first-order valence-electron chi connectivity index (χ1n) is 6.13. The summed E-state index contributed by atoms with van der Waals surface area (Å²) in [6.45, 7) is 7.82. The zero-order chi connectivity index (χ0) is 12.0. The van der Waals surface area contributed by atoms with Crippen LogP contribution in [-0.2, 0) is 9.53 Å². The van der Waals surface area contributed by atoms with Gasteiger partial charge >= 0.3 is 5.97 Å². The summed E-state index contributed by atoms with van der Waals surface area (Å²) in [6, 6.07) is 0.403. The number of hydrogen-bond donors (Lipinski definition) is 1. The molecule has 0 bridgehead atoms. The van der Waals surface area contributed by atoms with Crippen LogP contribution in [-0.4, -0.2) is 48.3 Å². The number of carbonyl (C=O) groups is 1. The molecular weight excluding hydrogens is 206 g/mol. The Bertz CT molecular complexity index is 212. The number of aliphatic carboxylic acids is 1. The summed E-state index contributed by atoms with van der Waals surface area (Å²) < 4.78 is 5.32. The fraction of sp³-hybridized carbons (Fsp3) is 0.917. The van der Waals surface area contributed by atoms with Crippen LogP contribution in [0.5, 0.6) is 0 Å². The summed E-state index contributed by atoms with van der Waals surface area (Å²) in [5.74, 6) is -0.0799. The topological polar surface area (TPSA) is 49.8 Å². The molecule has 1 fully saturated rings. The summed E-state index contributed by atoms with van der Waals surface area (Å²) in [5, 5.41) is 8.75. The van der Waals surface area contributed by atoms with E-state index >= 15 is 0 Å². The maximum Gasteiger partial charge on any atom is 0.303 e. The Morgan fingerprint density at radius 1 is 1.38 bits per heavy atom. The molecule has 0 amide bonds. The van der Waals surface area contributed by atoms with Crippen molar-refractivity contribution in [3.8, 4) is 0 Å². The van der Waals surface area contributed by atoms with E-state index in [-0.39, 0.29) is 6.42 Å². The van der Waals surface area contributed by atoms with Crippen LogP contribution in [0.1, 0.15) is 33.1 Å². The lowest BCUT2D eigenvalue weighted by atomic mass is 9.98. The summed E-state index contributed by atoms with van der Waals surface area (Å²) >= 11 is 0. The van der Waals surface area contributed by atoms with Gasteiger partial charge in [0.15, 0.2) is 0 Å². The molecule has 1 rings (SSSR count). The van der Waals surface area contributed by atoms with Crippen LogP contribution in [0, 0.1) is 5.92 Å². The van der Waals surface area contributed by atoms with Gasteiger partial charge in [0.2, 0.25) is 0 Å². The molecule has 1 aliphatic rings. The number of nitrogens with zero attached hydrogens (tertiary/aromatic N) is 1. The zero-order valence-electron chi connectivity index (χ0n) is 10.3. The molecule has 0 aromatic rings. The molecule has 0 radical (unpaired) electrons. The Morgan fingerprint density at radius 3 is 2.50 bits per heavy atom. The van der Waals surface area contributed by atoms with Gasteiger partial charge in [-0.1, -0.05) is 13.8 Å². The molecule has 1 N–H and O–H groups in total. The lowest BCUT2D eigenvalue weighted by molar-refractivity contribution is -0.137. The van der Waals surface area contributed by atoms with Crippen molar-refractivity contribution in [2.45, 2.75) is 39.2 Å². The van der Waals surface area contributed by atoms with Gasteiger partial charge in [-0.15, -0.1) is 0 Å². The van der Waals surface area contributed by atoms with Crippen molar-refractivity contribution in [1.29, 1.82) is 0 Å². The average Bonchev–Trinajstić information content (AvgIpc) is 2.25. The van der Waals surface area contributed by atoms with Gasteiger partial charge in [-0.25, -0.2) is 0 Å². The quantitative estimate of drug-likeness (QED) is 0.751. The molecule has 1 saturated heterocycles. The van der Waals surface area contributed by atoms with E-state index in [9.17, 15) is 4.79 Å². The summed E-state index contributed by atoms with van der Waals surface area (Å²) in [7, 11) is 0. The Balaban J connectivity index is 2.43. The maximum atomic E-state index is 10.6. The molecule has 0 saturated carbocycles. The fourth-order valence-corrected chi connectivity index (χ4v) is 2.23. The van der Waals surface area contributed by atoms with Crippen LogP contribution < -0.4 is 0 Å². The van der Waals surface area contributed by atoms with Gasteiger partial charge < -0.3 is 9.84 Å². The highest BCUT2D eigenvalue weighted by Gasteiger charge is 2.22. The first-order chi connectivity index (χ1) is 7.59. The second-order valence-corrected chi connectivity index (χ2v) is 4.86. The molecule has 4 heteroatoms. The van der Waals surface area contributed by atoms with Crippen molar-refractivity contribution in [3.63, 3.8) is 0 Å². The van der Waals surface area contributed by atoms with Crippen molar-refractivity contribution >= 4 is 5.97 Å². The minimum Gasteiger partial charge on any atom is -0.481 e. The van der Waals surface area contributed by atoms with E-state index in [1.54, 1.807) is 0 Å². The van der Waals surface area contributed by atoms with Crippen LogP contribution >= 0.6 is 0 Å². The van der Waals surface area contributed by atoms with Crippen molar-refractivity contribution in [2.75, 3.05) is 26.3 Å². The molecule has 0 aromatic heterocycles. The number of carboxylic acids is 1. The molecule has 4 nitrogen and oxygen atoms in total. The third kappa shape index (κ3) is 4.94. The SMILES string of the molecule is CC(C)CC(CCC(=O)O)N1CCOCC1. The number of morpholine rings is 1. The van der Waals surface area contributed by atoms with E-state index in [2.05, 4.69) is 18.7 Å². The van der Waals surface area contributed by atoms with Crippen LogP contribution in [0.4, 0.5) is 0 Å².